The molecule has 11 aromatic carbocycles. The molecule has 0 aromatic heterocycles. The van der Waals surface area contributed by atoms with Crippen LogP contribution in [-0.4, -0.2) is 0 Å². The van der Waals surface area contributed by atoms with Gasteiger partial charge in [0.2, 0.25) is 0 Å². The molecular weight excluding hydrogens is 733 g/mol. The summed E-state index contributed by atoms with van der Waals surface area (Å²) in [5, 5.41) is 10.2. The first-order valence-electron chi connectivity index (χ1n) is 21.4. The third kappa shape index (κ3) is 5.60. The molecule has 0 spiro atoms. The van der Waals surface area contributed by atoms with Crippen molar-refractivity contribution in [1.29, 1.82) is 0 Å². The Kier molecular flexibility index (Phi) is 7.99. The van der Waals surface area contributed by atoms with Crippen molar-refractivity contribution in [2.24, 2.45) is 0 Å². The summed E-state index contributed by atoms with van der Waals surface area (Å²) < 4.78 is 0. The first-order chi connectivity index (χ1) is 30.0. The van der Waals surface area contributed by atoms with Crippen molar-refractivity contribution >= 4 is 43.1 Å². The zero-order valence-corrected chi connectivity index (χ0v) is 34.3. The molecule has 0 aliphatic heterocycles. The molecule has 0 N–H and O–H groups in total. The Balaban J connectivity index is 1.10. The molecule has 0 heterocycles. The fourth-order valence-electron chi connectivity index (χ4n) is 10.4. The topological polar surface area (TPSA) is 0 Å². The average Bonchev–Trinajstić information content (AvgIpc) is 3.54. The van der Waals surface area contributed by atoms with Gasteiger partial charge >= 0.3 is 0 Å². The van der Waals surface area contributed by atoms with E-state index in [1.165, 1.54) is 121 Å². The van der Waals surface area contributed by atoms with Gasteiger partial charge in [0.25, 0.3) is 0 Å². The van der Waals surface area contributed by atoms with Gasteiger partial charge < -0.3 is 0 Å². The van der Waals surface area contributed by atoms with Gasteiger partial charge in [-0.3, -0.25) is 0 Å². The van der Waals surface area contributed by atoms with Gasteiger partial charge in [0.15, 0.2) is 0 Å². The molecule has 0 amide bonds. The predicted molar refractivity (Wildman–Crippen MR) is 261 cm³/mol. The van der Waals surface area contributed by atoms with E-state index in [-0.39, 0.29) is 5.41 Å². The minimum atomic E-state index is -0.223. The van der Waals surface area contributed by atoms with E-state index in [1.54, 1.807) is 0 Å². The van der Waals surface area contributed by atoms with Crippen molar-refractivity contribution in [3.63, 3.8) is 0 Å². The van der Waals surface area contributed by atoms with Crippen LogP contribution in [0.2, 0.25) is 0 Å². The van der Waals surface area contributed by atoms with E-state index in [0.717, 1.165) is 0 Å². The van der Waals surface area contributed by atoms with Crippen LogP contribution in [0.5, 0.6) is 0 Å². The van der Waals surface area contributed by atoms with Crippen LogP contribution >= 0.6 is 0 Å². The molecule has 0 saturated carbocycles. The second-order valence-electron chi connectivity index (χ2n) is 17.2. The molecule has 0 bridgehead atoms. The Bertz CT molecular complexity index is 3500. The smallest absolute Gasteiger partial charge is 0.0159 e. The van der Waals surface area contributed by atoms with Crippen molar-refractivity contribution in [2.45, 2.75) is 19.3 Å². The maximum absolute atomic E-state index is 2.55. The number of hydrogen-bond acceptors (Lipinski definition) is 0. The van der Waals surface area contributed by atoms with Crippen LogP contribution in [0.25, 0.3) is 110 Å². The Hall–Kier alpha value is -7.54. The monoisotopic (exact) mass is 774 g/mol. The summed E-state index contributed by atoms with van der Waals surface area (Å²) in [5.41, 5.74) is 17.6. The Morgan fingerprint density at radius 3 is 1.26 bits per heavy atom. The summed E-state index contributed by atoms with van der Waals surface area (Å²) in [5.74, 6) is 0. The highest BCUT2D eigenvalue weighted by atomic mass is 14.4. The van der Waals surface area contributed by atoms with Crippen molar-refractivity contribution < 1.29 is 0 Å². The molecule has 61 heavy (non-hydrogen) atoms. The lowest BCUT2D eigenvalue weighted by molar-refractivity contribution is 0.661. The minimum Gasteiger partial charge on any atom is -0.0622 e. The second kappa shape index (κ2) is 13.8. The fraction of sp³-hybridized carbons (Fsp3) is 0.0492. The standard InChI is InChI=1S/C61H42/c1-61(2)57-36-46(53-35-45-19-9-10-20-47(45)48-21-11-12-22-49(48)53)33-34-50(57)54-37-55-56(38-58(54)61)60(44-31-27-42(28-32-44)40-17-7-4-8-18-40)52-24-14-13-23-51(52)59(55)43-29-25-41(26-30-43)39-15-5-3-6-16-39/h3-38H,1-2H3. The summed E-state index contributed by atoms with van der Waals surface area (Å²) in [6.45, 7) is 4.84. The van der Waals surface area contributed by atoms with Crippen LogP contribution in [0.15, 0.2) is 218 Å². The molecule has 1 aliphatic carbocycles. The lowest BCUT2D eigenvalue weighted by Crippen LogP contribution is -2.15. The van der Waals surface area contributed by atoms with Crippen molar-refractivity contribution in [2.75, 3.05) is 0 Å². The highest BCUT2D eigenvalue weighted by Gasteiger charge is 2.37. The number of rotatable bonds is 5. The maximum Gasteiger partial charge on any atom is 0.0159 e. The number of benzene rings is 11. The average molecular weight is 775 g/mol. The Morgan fingerprint density at radius 1 is 0.246 bits per heavy atom. The summed E-state index contributed by atoms with van der Waals surface area (Å²) in [4.78, 5) is 0. The lowest BCUT2D eigenvalue weighted by Gasteiger charge is -2.24. The van der Waals surface area contributed by atoms with E-state index in [1.807, 2.05) is 0 Å². The number of fused-ring (bicyclic) bond motifs is 8. The molecule has 0 fully saturated rings. The normalized spacial score (nSPS) is 12.9. The van der Waals surface area contributed by atoms with Gasteiger partial charge in [0, 0.05) is 5.41 Å². The summed E-state index contributed by atoms with van der Waals surface area (Å²) >= 11 is 0. The third-order valence-electron chi connectivity index (χ3n) is 13.5. The Morgan fingerprint density at radius 2 is 0.672 bits per heavy atom. The van der Waals surface area contributed by atoms with E-state index in [4.69, 9.17) is 0 Å². The maximum atomic E-state index is 2.55. The van der Waals surface area contributed by atoms with Crippen LogP contribution in [-0.2, 0) is 5.41 Å². The molecule has 11 aromatic rings. The van der Waals surface area contributed by atoms with Gasteiger partial charge in [-0.05, 0) is 145 Å². The zero-order valence-electron chi connectivity index (χ0n) is 34.3. The summed E-state index contributed by atoms with van der Waals surface area (Å²) in [6, 6.07) is 81.2. The van der Waals surface area contributed by atoms with E-state index in [9.17, 15) is 0 Å². The van der Waals surface area contributed by atoms with Crippen LogP contribution in [0, 0.1) is 0 Å². The van der Waals surface area contributed by atoms with Crippen molar-refractivity contribution in [3.8, 4) is 66.8 Å². The largest absolute Gasteiger partial charge is 0.0622 e. The third-order valence-corrected chi connectivity index (χ3v) is 13.5. The summed E-state index contributed by atoms with van der Waals surface area (Å²) in [6.07, 6.45) is 0. The molecule has 0 radical (unpaired) electrons. The second-order valence-corrected chi connectivity index (χ2v) is 17.2. The highest BCUT2D eigenvalue weighted by molar-refractivity contribution is 6.23. The molecule has 0 atom stereocenters. The Labute approximate surface area is 357 Å². The van der Waals surface area contributed by atoms with Gasteiger partial charge in [0.1, 0.15) is 0 Å². The van der Waals surface area contributed by atoms with Crippen LogP contribution in [0.1, 0.15) is 25.0 Å². The van der Waals surface area contributed by atoms with E-state index < -0.39 is 0 Å². The molecule has 0 saturated heterocycles. The van der Waals surface area contributed by atoms with Gasteiger partial charge in [-0.2, -0.15) is 0 Å². The minimum absolute atomic E-state index is 0.223. The summed E-state index contributed by atoms with van der Waals surface area (Å²) in [7, 11) is 0. The molecule has 0 nitrogen and oxygen atoms in total. The highest BCUT2D eigenvalue weighted by Crippen LogP contribution is 2.54. The molecule has 0 heteroatoms. The predicted octanol–water partition coefficient (Wildman–Crippen LogP) is 16.9. The van der Waals surface area contributed by atoms with Crippen molar-refractivity contribution in [1.82, 2.24) is 0 Å². The molecule has 1 aliphatic rings. The van der Waals surface area contributed by atoms with Gasteiger partial charge in [0.05, 0.1) is 0 Å². The van der Waals surface area contributed by atoms with E-state index in [2.05, 4.69) is 232 Å². The first-order valence-corrected chi connectivity index (χ1v) is 21.4. The lowest BCUT2D eigenvalue weighted by atomic mass is 9.79. The number of hydrogen-bond donors (Lipinski definition) is 0. The molecule has 12 rings (SSSR count). The van der Waals surface area contributed by atoms with Crippen LogP contribution in [0.3, 0.4) is 0 Å². The first kappa shape index (κ1) is 35.4. The molecule has 0 unspecified atom stereocenters. The fourth-order valence-corrected chi connectivity index (χ4v) is 10.4. The molecular formula is C61H42. The van der Waals surface area contributed by atoms with Gasteiger partial charge in [-0.1, -0.05) is 208 Å². The SMILES string of the molecule is CC1(C)c2cc(-c3cc4ccccc4c4ccccc34)ccc2-c2cc3c(-c4ccc(-c5ccccc5)cc4)c4ccccc4c(-c4ccc(-c5ccccc5)cc4)c3cc21. The molecule has 286 valence electrons. The zero-order chi connectivity index (χ0) is 40.7. The van der Waals surface area contributed by atoms with Crippen molar-refractivity contribution in [3.05, 3.63) is 230 Å². The van der Waals surface area contributed by atoms with E-state index >= 15 is 0 Å². The van der Waals surface area contributed by atoms with Crippen LogP contribution in [0.4, 0.5) is 0 Å². The van der Waals surface area contributed by atoms with Gasteiger partial charge in [-0.25, -0.2) is 0 Å². The van der Waals surface area contributed by atoms with Gasteiger partial charge in [-0.15, -0.1) is 0 Å². The quantitative estimate of drug-likeness (QED) is 0.121. The van der Waals surface area contributed by atoms with E-state index in [0.29, 0.717) is 0 Å². The van der Waals surface area contributed by atoms with Crippen LogP contribution < -0.4 is 0 Å².